The first kappa shape index (κ1) is 9.85. The predicted molar refractivity (Wildman–Crippen MR) is 17.9 cm³/mol. The predicted octanol–water partition coefficient (Wildman–Crippen LogP) is -0.845. The fourth-order valence-electron chi connectivity index (χ4n) is 0. The Hall–Kier alpha value is 0.693. The molecule has 0 rings (SSSR count). The van der Waals surface area contributed by atoms with Crippen molar-refractivity contribution in [2.24, 2.45) is 0 Å². The first-order chi connectivity index (χ1) is 2.27. The molecule has 0 amide bonds. The molecule has 0 heterocycles. The Morgan fingerprint density at radius 2 is 1.83 bits per heavy atom. The Morgan fingerprint density at radius 1 is 1.67 bits per heavy atom. The SMILES string of the molecule is O=S(O)CO.[Zn]. The summed E-state index contributed by atoms with van der Waals surface area (Å²) in [5.74, 6) is -0.667. The van der Waals surface area contributed by atoms with Crippen LogP contribution in [0, 0.1) is 0 Å². The number of rotatable bonds is 1. The molecule has 0 aromatic carbocycles. The van der Waals surface area contributed by atoms with Crippen molar-refractivity contribution in [2.45, 2.75) is 0 Å². The van der Waals surface area contributed by atoms with Gasteiger partial charge < -0.3 is 9.66 Å². The summed E-state index contributed by atoms with van der Waals surface area (Å²) in [6, 6.07) is 0. The van der Waals surface area contributed by atoms with Gasteiger partial charge >= 0.3 is 0 Å². The van der Waals surface area contributed by atoms with Crippen LogP contribution in [0.25, 0.3) is 0 Å². The van der Waals surface area contributed by atoms with E-state index in [1.54, 1.807) is 0 Å². The van der Waals surface area contributed by atoms with Gasteiger partial charge in [0.15, 0.2) is 11.1 Å². The topological polar surface area (TPSA) is 57.5 Å². The first-order valence-corrected chi connectivity index (χ1v) is 2.23. The van der Waals surface area contributed by atoms with Crippen molar-refractivity contribution in [3.05, 3.63) is 0 Å². The van der Waals surface area contributed by atoms with Crippen molar-refractivity contribution >= 4 is 11.1 Å². The fraction of sp³-hybridized carbons (Fsp3) is 1.00. The zero-order valence-corrected chi connectivity index (χ0v) is 6.91. The van der Waals surface area contributed by atoms with Gasteiger partial charge in [0.05, 0.1) is 0 Å². The number of hydrogen-bond acceptors (Lipinski definition) is 2. The maximum atomic E-state index is 9.23. The van der Waals surface area contributed by atoms with E-state index < -0.39 is 17.0 Å². The van der Waals surface area contributed by atoms with Crippen molar-refractivity contribution < 1.29 is 33.3 Å². The molecular weight excluding hydrogens is 157 g/mol. The molecule has 3 nitrogen and oxygen atoms in total. The van der Waals surface area contributed by atoms with Gasteiger partial charge in [-0.2, -0.15) is 0 Å². The molecule has 6 heavy (non-hydrogen) atoms. The monoisotopic (exact) mass is 160 g/mol. The molecule has 0 aliphatic rings. The molecule has 5 heteroatoms. The van der Waals surface area contributed by atoms with Crippen molar-refractivity contribution in [2.75, 3.05) is 5.94 Å². The van der Waals surface area contributed by atoms with E-state index in [1.807, 2.05) is 0 Å². The van der Waals surface area contributed by atoms with Gasteiger partial charge in [0.2, 0.25) is 0 Å². The summed E-state index contributed by atoms with van der Waals surface area (Å²) in [5, 5.41) is 7.59. The second kappa shape index (κ2) is 5.69. The van der Waals surface area contributed by atoms with Crippen molar-refractivity contribution in [1.29, 1.82) is 0 Å². The Labute approximate surface area is 50.8 Å². The molecule has 0 spiro atoms. The quantitative estimate of drug-likeness (QED) is 0.389. The molecule has 0 fully saturated rings. The van der Waals surface area contributed by atoms with E-state index in [1.165, 1.54) is 0 Å². The van der Waals surface area contributed by atoms with Crippen molar-refractivity contribution in [3.8, 4) is 0 Å². The molecule has 0 aliphatic carbocycles. The van der Waals surface area contributed by atoms with Crippen LogP contribution >= 0.6 is 0 Å². The third-order valence-corrected chi connectivity index (χ3v) is 0.331. The maximum Gasteiger partial charge on any atom is 0.179 e. The Bertz CT molecular complexity index is 46.1. The van der Waals surface area contributed by atoms with Crippen LogP contribution in [0.5, 0.6) is 0 Å². The Kier molecular flexibility index (Phi) is 9.35. The van der Waals surface area contributed by atoms with Gasteiger partial charge in [-0.3, -0.25) is 0 Å². The van der Waals surface area contributed by atoms with Gasteiger partial charge in [-0.15, -0.1) is 0 Å². The van der Waals surface area contributed by atoms with Gasteiger partial charge in [-0.25, -0.2) is 4.21 Å². The summed E-state index contributed by atoms with van der Waals surface area (Å²) < 4.78 is 16.8. The van der Waals surface area contributed by atoms with E-state index in [2.05, 4.69) is 0 Å². The summed E-state index contributed by atoms with van der Waals surface area (Å²) in [4.78, 5) is 0. The molecule has 0 aliphatic heterocycles. The molecule has 0 saturated heterocycles. The molecule has 1 atom stereocenters. The molecule has 1 unspecified atom stereocenters. The van der Waals surface area contributed by atoms with Crippen LogP contribution in [-0.2, 0) is 30.6 Å². The molecule has 0 aromatic rings. The fourth-order valence-corrected chi connectivity index (χ4v) is 0. The van der Waals surface area contributed by atoms with Gasteiger partial charge in [0.25, 0.3) is 0 Å². The van der Waals surface area contributed by atoms with Crippen molar-refractivity contribution in [1.82, 2.24) is 0 Å². The van der Waals surface area contributed by atoms with E-state index in [-0.39, 0.29) is 19.5 Å². The average Bonchev–Trinajstić information content (AvgIpc) is 1.38. The number of hydrogen-bond donors (Lipinski definition) is 2. The Balaban J connectivity index is 0. The molecule has 0 radical (unpaired) electrons. The standard InChI is InChI=1S/CH4O3S.Zn/c2-1-5(3)4;/h2H,1H2,(H,3,4);. The van der Waals surface area contributed by atoms with E-state index in [9.17, 15) is 4.21 Å². The van der Waals surface area contributed by atoms with Crippen LogP contribution in [-0.4, -0.2) is 19.8 Å². The molecular formula is CH4O3SZn. The molecule has 34 valence electrons. The van der Waals surface area contributed by atoms with Crippen molar-refractivity contribution in [3.63, 3.8) is 0 Å². The minimum absolute atomic E-state index is 0. The molecule has 2 N–H and O–H groups in total. The molecule has 0 saturated carbocycles. The smallest absolute Gasteiger partial charge is 0.179 e. The maximum absolute atomic E-state index is 9.23. The van der Waals surface area contributed by atoms with Crippen LogP contribution in [0.15, 0.2) is 0 Å². The van der Waals surface area contributed by atoms with Gasteiger partial charge in [-0.05, 0) is 0 Å². The van der Waals surface area contributed by atoms with Crippen LogP contribution in [0.4, 0.5) is 0 Å². The largest absolute Gasteiger partial charge is 0.381 e. The molecule has 0 bridgehead atoms. The minimum Gasteiger partial charge on any atom is -0.381 e. The second-order valence-corrected chi connectivity index (χ2v) is 1.35. The summed E-state index contributed by atoms with van der Waals surface area (Å²) in [6.07, 6.45) is 0. The minimum atomic E-state index is -2.02. The van der Waals surface area contributed by atoms with Crippen LogP contribution in [0.3, 0.4) is 0 Å². The van der Waals surface area contributed by atoms with Crippen LogP contribution in [0.1, 0.15) is 0 Å². The molecule has 0 aromatic heterocycles. The van der Waals surface area contributed by atoms with Gasteiger partial charge in [-0.1, -0.05) is 0 Å². The summed E-state index contributed by atoms with van der Waals surface area (Å²) in [6.45, 7) is 0. The zero-order valence-electron chi connectivity index (χ0n) is 3.13. The van der Waals surface area contributed by atoms with E-state index in [0.717, 1.165) is 0 Å². The first-order valence-electron chi connectivity index (χ1n) is 0.954. The van der Waals surface area contributed by atoms with Crippen LogP contribution < -0.4 is 0 Å². The third-order valence-electron chi connectivity index (χ3n) is 0.110. The van der Waals surface area contributed by atoms with Gasteiger partial charge in [0.1, 0.15) is 5.94 Å². The summed E-state index contributed by atoms with van der Waals surface area (Å²) in [5.41, 5.74) is 0. The van der Waals surface area contributed by atoms with Gasteiger partial charge in [0, 0.05) is 19.5 Å². The second-order valence-electron chi connectivity index (χ2n) is 0.451. The van der Waals surface area contributed by atoms with E-state index >= 15 is 0 Å². The average molecular weight is 161 g/mol. The van der Waals surface area contributed by atoms with E-state index in [0.29, 0.717) is 0 Å². The Morgan fingerprint density at radius 3 is 1.83 bits per heavy atom. The summed E-state index contributed by atoms with van der Waals surface area (Å²) in [7, 11) is 0. The van der Waals surface area contributed by atoms with Crippen LogP contribution in [0.2, 0.25) is 0 Å². The third kappa shape index (κ3) is 8.83. The number of aliphatic hydroxyl groups is 1. The number of aliphatic hydroxyl groups excluding tert-OH is 1. The zero-order chi connectivity index (χ0) is 4.28. The normalized spacial score (nSPS) is 12.3. The van der Waals surface area contributed by atoms with E-state index in [4.69, 9.17) is 9.66 Å². The summed E-state index contributed by atoms with van der Waals surface area (Å²) >= 11 is -2.02.